The van der Waals surface area contributed by atoms with Crippen LogP contribution >= 0.6 is 23.4 Å². The Labute approximate surface area is 173 Å². The molecule has 0 aliphatic rings. The Kier molecular flexibility index (Phi) is 6.59. The van der Waals surface area contributed by atoms with E-state index in [4.69, 9.17) is 16.3 Å². The fourth-order valence-electron chi connectivity index (χ4n) is 2.56. The van der Waals surface area contributed by atoms with Crippen LogP contribution in [0.3, 0.4) is 0 Å². The van der Waals surface area contributed by atoms with Crippen LogP contribution in [-0.4, -0.2) is 33.0 Å². The molecule has 0 aliphatic heterocycles. The summed E-state index contributed by atoms with van der Waals surface area (Å²) in [6.07, 6.45) is 0. The van der Waals surface area contributed by atoms with Crippen molar-refractivity contribution in [3.63, 3.8) is 0 Å². The molecule has 0 saturated heterocycles. The molecule has 1 N–H and O–H groups in total. The van der Waals surface area contributed by atoms with Crippen molar-refractivity contribution in [3.8, 4) is 17.1 Å². The van der Waals surface area contributed by atoms with Gasteiger partial charge in [-0.1, -0.05) is 35.5 Å². The summed E-state index contributed by atoms with van der Waals surface area (Å²) < 4.78 is 7.01. The summed E-state index contributed by atoms with van der Waals surface area (Å²) in [7, 11) is 3.51. The van der Waals surface area contributed by atoms with E-state index in [0.29, 0.717) is 16.7 Å². The fourth-order valence-corrected chi connectivity index (χ4v) is 3.52. The molecule has 3 rings (SSSR count). The van der Waals surface area contributed by atoms with E-state index in [9.17, 15) is 4.79 Å². The summed E-state index contributed by atoms with van der Waals surface area (Å²) in [6, 6.07) is 15.0. The van der Waals surface area contributed by atoms with Gasteiger partial charge in [0.1, 0.15) is 5.75 Å². The number of carbonyl (C=O) groups excluding carboxylic acids is 1. The van der Waals surface area contributed by atoms with Gasteiger partial charge in [0.15, 0.2) is 11.0 Å². The van der Waals surface area contributed by atoms with E-state index < -0.39 is 0 Å². The van der Waals surface area contributed by atoms with Crippen molar-refractivity contribution in [3.05, 3.63) is 59.1 Å². The normalized spacial score (nSPS) is 11.9. The number of ether oxygens (including phenoxy) is 1. The van der Waals surface area contributed by atoms with Crippen LogP contribution < -0.4 is 10.1 Å². The van der Waals surface area contributed by atoms with Gasteiger partial charge in [0.05, 0.1) is 12.4 Å². The van der Waals surface area contributed by atoms with E-state index in [1.807, 2.05) is 67.1 Å². The number of halogens is 1. The second-order valence-electron chi connectivity index (χ2n) is 6.20. The molecule has 0 unspecified atom stereocenters. The standard InChI is InChI=1S/C20H21ClN4O2S/c1-13(19(26)22-12-14-4-10-17(27-3)11-5-14)28-20-24-23-18(25(20)2)15-6-8-16(21)9-7-15/h4-11,13H,12H2,1-3H3,(H,22,26)/t13-/m1/s1. The Morgan fingerprint density at radius 3 is 2.50 bits per heavy atom. The van der Waals surface area contributed by atoms with Crippen LogP contribution in [-0.2, 0) is 18.4 Å². The van der Waals surface area contributed by atoms with Crippen LogP contribution in [0.15, 0.2) is 53.7 Å². The molecule has 1 heterocycles. The number of hydrogen-bond acceptors (Lipinski definition) is 5. The number of nitrogens with zero attached hydrogens (tertiary/aromatic N) is 3. The van der Waals surface area contributed by atoms with Gasteiger partial charge in [-0.2, -0.15) is 0 Å². The molecule has 28 heavy (non-hydrogen) atoms. The average Bonchev–Trinajstić information content (AvgIpc) is 3.07. The second kappa shape index (κ2) is 9.12. The van der Waals surface area contributed by atoms with E-state index in [1.165, 1.54) is 11.8 Å². The maximum absolute atomic E-state index is 12.4. The van der Waals surface area contributed by atoms with Gasteiger partial charge >= 0.3 is 0 Å². The number of rotatable bonds is 7. The third kappa shape index (κ3) is 4.85. The number of amides is 1. The van der Waals surface area contributed by atoms with Gasteiger partial charge in [-0.3, -0.25) is 4.79 Å². The Morgan fingerprint density at radius 1 is 1.18 bits per heavy atom. The predicted molar refractivity (Wildman–Crippen MR) is 112 cm³/mol. The molecule has 0 spiro atoms. The maximum Gasteiger partial charge on any atom is 0.233 e. The zero-order valence-corrected chi connectivity index (χ0v) is 17.4. The van der Waals surface area contributed by atoms with Crippen molar-refractivity contribution in [1.82, 2.24) is 20.1 Å². The lowest BCUT2D eigenvalue weighted by atomic mass is 10.2. The lowest BCUT2D eigenvalue weighted by molar-refractivity contribution is -0.120. The van der Waals surface area contributed by atoms with Crippen LogP contribution in [0.25, 0.3) is 11.4 Å². The van der Waals surface area contributed by atoms with Crippen molar-refractivity contribution >= 4 is 29.3 Å². The van der Waals surface area contributed by atoms with E-state index in [2.05, 4.69) is 15.5 Å². The molecule has 1 aromatic heterocycles. The number of hydrogen-bond donors (Lipinski definition) is 1. The lowest BCUT2D eigenvalue weighted by Crippen LogP contribution is -2.30. The molecule has 0 radical (unpaired) electrons. The molecule has 2 aromatic carbocycles. The van der Waals surface area contributed by atoms with Crippen LogP contribution in [0.2, 0.25) is 5.02 Å². The Balaban J connectivity index is 1.60. The molecule has 8 heteroatoms. The first-order chi connectivity index (χ1) is 13.5. The Bertz CT molecular complexity index is 942. The second-order valence-corrected chi connectivity index (χ2v) is 7.94. The fraction of sp³-hybridized carbons (Fsp3) is 0.250. The molecule has 146 valence electrons. The molecule has 1 atom stereocenters. The van der Waals surface area contributed by atoms with Crippen LogP contribution in [0, 0.1) is 0 Å². The van der Waals surface area contributed by atoms with Crippen molar-refractivity contribution in [2.45, 2.75) is 23.9 Å². The first-order valence-electron chi connectivity index (χ1n) is 8.70. The molecular weight excluding hydrogens is 396 g/mol. The van der Waals surface area contributed by atoms with Gasteiger partial charge < -0.3 is 14.6 Å². The minimum Gasteiger partial charge on any atom is -0.497 e. The zero-order valence-electron chi connectivity index (χ0n) is 15.8. The van der Waals surface area contributed by atoms with Gasteiger partial charge in [0, 0.05) is 24.2 Å². The zero-order chi connectivity index (χ0) is 20.1. The van der Waals surface area contributed by atoms with Crippen LogP contribution in [0.4, 0.5) is 0 Å². The van der Waals surface area contributed by atoms with Gasteiger partial charge in [-0.25, -0.2) is 0 Å². The monoisotopic (exact) mass is 416 g/mol. The van der Waals surface area contributed by atoms with Crippen LogP contribution in [0.5, 0.6) is 5.75 Å². The summed E-state index contributed by atoms with van der Waals surface area (Å²) in [6.45, 7) is 2.31. The van der Waals surface area contributed by atoms with Gasteiger partial charge in [-0.05, 0) is 48.9 Å². The largest absolute Gasteiger partial charge is 0.497 e. The molecule has 3 aromatic rings. The number of aromatic nitrogens is 3. The number of thioether (sulfide) groups is 1. The number of methoxy groups -OCH3 is 1. The highest BCUT2D eigenvalue weighted by Gasteiger charge is 2.19. The topological polar surface area (TPSA) is 69.0 Å². The minimum atomic E-state index is -0.306. The van der Waals surface area contributed by atoms with Crippen molar-refractivity contribution in [2.24, 2.45) is 7.05 Å². The lowest BCUT2D eigenvalue weighted by Gasteiger charge is -2.12. The summed E-state index contributed by atoms with van der Waals surface area (Å²) in [5, 5.41) is 12.5. The van der Waals surface area contributed by atoms with Gasteiger partial charge in [0.2, 0.25) is 5.91 Å². The predicted octanol–water partition coefficient (Wildman–Crippen LogP) is 3.94. The van der Waals surface area contributed by atoms with E-state index in [-0.39, 0.29) is 11.2 Å². The van der Waals surface area contributed by atoms with Crippen LogP contribution in [0.1, 0.15) is 12.5 Å². The molecule has 0 bridgehead atoms. The summed E-state index contributed by atoms with van der Waals surface area (Å²) in [5.41, 5.74) is 1.93. The number of nitrogens with one attached hydrogen (secondary N) is 1. The Morgan fingerprint density at radius 2 is 1.86 bits per heavy atom. The first kappa shape index (κ1) is 20.2. The SMILES string of the molecule is COc1ccc(CNC(=O)[C@@H](C)Sc2nnc(-c3ccc(Cl)cc3)n2C)cc1. The maximum atomic E-state index is 12.4. The number of carbonyl (C=O) groups is 1. The Hall–Kier alpha value is -2.51. The minimum absolute atomic E-state index is 0.0585. The smallest absolute Gasteiger partial charge is 0.233 e. The molecule has 0 saturated carbocycles. The summed E-state index contributed by atoms with van der Waals surface area (Å²) >= 11 is 7.31. The van der Waals surface area contributed by atoms with Gasteiger partial charge in [0.25, 0.3) is 0 Å². The van der Waals surface area contributed by atoms with E-state index >= 15 is 0 Å². The molecular formula is C20H21ClN4O2S. The quantitative estimate of drug-likeness (QED) is 0.591. The average molecular weight is 417 g/mol. The van der Waals surface area contributed by atoms with E-state index in [0.717, 1.165) is 22.7 Å². The van der Waals surface area contributed by atoms with Gasteiger partial charge in [-0.15, -0.1) is 10.2 Å². The van der Waals surface area contributed by atoms with E-state index in [1.54, 1.807) is 7.11 Å². The third-order valence-corrected chi connectivity index (χ3v) is 5.60. The van der Waals surface area contributed by atoms with Crippen molar-refractivity contribution in [1.29, 1.82) is 0 Å². The summed E-state index contributed by atoms with van der Waals surface area (Å²) in [4.78, 5) is 12.4. The highest BCUT2D eigenvalue weighted by Crippen LogP contribution is 2.26. The molecule has 0 aliphatic carbocycles. The molecule has 6 nitrogen and oxygen atoms in total. The molecule has 0 fully saturated rings. The number of benzene rings is 2. The van der Waals surface area contributed by atoms with Crippen molar-refractivity contribution < 1.29 is 9.53 Å². The highest BCUT2D eigenvalue weighted by atomic mass is 35.5. The highest BCUT2D eigenvalue weighted by molar-refractivity contribution is 8.00. The first-order valence-corrected chi connectivity index (χ1v) is 9.96. The molecule has 1 amide bonds. The summed E-state index contributed by atoms with van der Waals surface area (Å²) in [5.74, 6) is 1.46. The third-order valence-electron chi connectivity index (χ3n) is 4.21. The van der Waals surface area contributed by atoms with Crippen molar-refractivity contribution in [2.75, 3.05) is 7.11 Å².